The predicted octanol–water partition coefficient (Wildman–Crippen LogP) is 11.8. The largest absolute Gasteiger partial charge is 0.435 e. The molecule has 0 saturated carbocycles. The number of fused-ring (bicyclic) bond motifs is 6. The highest BCUT2D eigenvalue weighted by Gasteiger charge is 2.18. The van der Waals surface area contributed by atoms with Crippen molar-refractivity contribution in [2.45, 2.75) is 0 Å². The van der Waals surface area contributed by atoms with Gasteiger partial charge in [0.2, 0.25) is 5.89 Å². The van der Waals surface area contributed by atoms with E-state index in [9.17, 15) is 0 Å². The monoisotopic (exact) mass is 652 g/mol. The first kappa shape index (κ1) is 29.0. The highest BCUT2D eigenvalue weighted by Crippen LogP contribution is 2.38. The molecule has 51 heavy (non-hydrogen) atoms. The van der Waals surface area contributed by atoms with E-state index < -0.39 is 0 Å². The highest BCUT2D eigenvalue weighted by atomic mass is 16.3. The first-order chi connectivity index (χ1) is 25.3. The van der Waals surface area contributed by atoms with Crippen molar-refractivity contribution in [3.63, 3.8) is 0 Å². The number of hydrogen-bond acceptors (Lipinski definition) is 5. The maximum atomic E-state index is 6.51. The van der Waals surface area contributed by atoms with Crippen molar-refractivity contribution in [2.24, 2.45) is 0 Å². The van der Waals surface area contributed by atoms with Crippen LogP contribution >= 0.6 is 0 Å². The molecule has 5 nitrogen and oxygen atoms in total. The van der Waals surface area contributed by atoms with Gasteiger partial charge < -0.3 is 4.42 Å². The summed E-state index contributed by atoms with van der Waals surface area (Å²) in [4.78, 5) is 20.3. The fraction of sp³-hybridized carbons (Fsp3) is 0. The summed E-state index contributed by atoms with van der Waals surface area (Å²) in [5.74, 6) is 2.43. The van der Waals surface area contributed by atoms with E-state index in [1.165, 1.54) is 10.8 Å². The Labute approximate surface area is 293 Å². The third kappa shape index (κ3) is 5.03. The lowest BCUT2D eigenvalue weighted by Gasteiger charge is -2.14. The molecule has 0 spiro atoms. The van der Waals surface area contributed by atoms with Crippen LogP contribution in [0.2, 0.25) is 0 Å². The molecular weight excluding hydrogens is 625 g/mol. The van der Waals surface area contributed by atoms with Crippen LogP contribution in [0.15, 0.2) is 174 Å². The van der Waals surface area contributed by atoms with Crippen molar-refractivity contribution >= 4 is 43.4 Å². The summed E-state index contributed by atoms with van der Waals surface area (Å²) < 4.78 is 6.51. The van der Waals surface area contributed by atoms with Crippen LogP contribution in [0.25, 0.3) is 100 Å². The summed E-state index contributed by atoms with van der Waals surface area (Å²) in [6.45, 7) is 0. The SMILES string of the molecule is c1ccc(-c2nc(-c3ccc4ccc5ccc6nc(-c7ccccc7)oc6c5c4c3)nc(-c3ccccc3-c3cccc4ccccc34)n2)cc1. The van der Waals surface area contributed by atoms with Crippen LogP contribution in [0, 0.1) is 0 Å². The summed E-state index contributed by atoms with van der Waals surface area (Å²) in [5, 5.41) is 6.60. The Kier molecular flexibility index (Phi) is 6.74. The first-order valence-electron chi connectivity index (χ1n) is 17.0. The Balaban J connectivity index is 1.19. The van der Waals surface area contributed by atoms with Crippen LogP contribution in [0.5, 0.6) is 0 Å². The maximum absolute atomic E-state index is 6.51. The number of benzene rings is 8. The third-order valence-corrected chi connectivity index (χ3v) is 9.55. The molecule has 2 aromatic heterocycles. The second-order valence-corrected chi connectivity index (χ2v) is 12.6. The van der Waals surface area contributed by atoms with Crippen molar-refractivity contribution in [3.8, 4) is 56.7 Å². The Morgan fingerprint density at radius 2 is 0.941 bits per heavy atom. The number of nitrogens with zero attached hydrogens (tertiary/aromatic N) is 4. The van der Waals surface area contributed by atoms with Crippen LogP contribution in [-0.4, -0.2) is 19.9 Å². The molecule has 0 amide bonds. The predicted molar refractivity (Wildman–Crippen MR) is 207 cm³/mol. The molecule has 8 aromatic carbocycles. The lowest BCUT2D eigenvalue weighted by molar-refractivity contribution is 0.623. The second kappa shape index (κ2) is 11.9. The van der Waals surface area contributed by atoms with Crippen molar-refractivity contribution in [2.75, 3.05) is 0 Å². The zero-order valence-corrected chi connectivity index (χ0v) is 27.4. The normalized spacial score (nSPS) is 11.5. The fourth-order valence-corrected chi connectivity index (χ4v) is 7.08. The van der Waals surface area contributed by atoms with Crippen molar-refractivity contribution in [3.05, 3.63) is 170 Å². The molecule has 10 aromatic rings. The molecule has 10 rings (SSSR count). The van der Waals surface area contributed by atoms with Gasteiger partial charge in [0.15, 0.2) is 23.1 Å². The molecule has 0 radical (unpaired) electrons. The fourth-order valence-electron chi connectivity index (χ4n) is 7.08. The number of hydrogen-bond donors (Lipinski definition) is 0. The standard InChI is InChI=1S/C46H28N4O/c1-3-13-32(14-4-1)43-48-44(50-45(49-43)38-20-10-9-19-37(38)36-21-11-17-29-12-7-8-18-35(29)36)34-25-23-30-22-24-31-26-27-40-42(41(31)39(30)28-34)51-46(47-40)33-15-5-2-6-16-33/h1-28H. The van der Waals surface area contributed by atoms with Crippen LogP contribution in [0.4, 0.5) is 0 Å². The van der Waals surface area contributed by atoms with E-state index in [0.29, 0.717) is 23.4 Å². The van der Waals surface area contributed by atoms with Gasteiger partial charge in [-0.2, -0.15) is 0 Å². The molecule has 0 aliphatic heterocycles. The zero-order valence-electron chi connectivity index (χ0n) is 27.4. The minimum atomic E-state index is 0.597. The van der Waals surface area contributed by atoms with E-state index in [-0.39, 0.29) is 0 Å². The van der Waals surface area contributed by atoms with E-state index in [1.807, 2.05) is 72.8 Å². The van der Waals surface area contributed by atoms with Crippen molar-refractivity contribution in [1.29, 1.82) is 0 Å². The molecule has 5 heteroatoms. The zero-order chi connectivity index (χ0) is 33.7. The van der Waals surface area contributed by atoms with Gasteiger partial charge >= 0.3 is 0 Å². The molecule has 238 valence electrons. The van der Waals surface area contributed by atoms with Gasteiger partial charge in [0.25, 0.3) is 0 Å². The van der Waals surface area contributed by atoms with Gasteiger partial charge in [0, 0.05) is 27.6 Å². The summed E-state index contributed by atoms with van der Waals surface area (Å²) >= 11 is 0. The minimum absolute atomic E-state index is 0.597. The summed E-state index contributed by atoms with van der Waals surface area (Å²) in [6.07, 6.45) is 0. The quantitative estimate of drug-likeness (QED) is 0.173. The van der Waals surface area contributed by atoms with Crippen molar-refractivity contribution < 1.29 is 4.42 Å². The van der Waals surface area contributed by atoms with Crippen molar-refractivity contribution in [1.82, 2.24) is 19.9 Å². The third-order valence-electron chi connectivity index (χ3n) is 9.55. The van der Waals surface area contributed by atoms with E-state index >= 15 is 0 Å². The molecule has 2 heterocycles. The smallest absolute Gasteiger partial charge is 0.227 e. The van der Waals surface area contributed by atoms with Gasteiger partial charge in [0.1, 0.15) is 5.52 Å². The molecule has 0 aliphatic carbocycles. The van der Waals surface area contributed by atoms with E-state index in [4.69, 9.17) is 24.4 Å². The first-order valence-corrected chi connectivity index (χ1v) is 17.0. The molecular formula is C46H28N4O. The van der Waals surface area contributed by atoms with Crippen LogP contribution < -0.4 is 0 Å². The minimum Gasteiger partial charge on any atom is -0.435 e. The number of rotatable bonds is 5. The summed E-state index contributed by atoms with van der Waals surface area (Å²) in [5.41, 5.74) is 7.48. The summed E-state index contributed by atoms with van der Waals surface area (Å²) in [7, 11) is 0. The lowest BCUT2D eigenvalue weighted by atomic mass is 9.94. The van der Waals surface area contributed by atoms with Crippen LogP contribution in [-0.2, 0) is 0 Å². The second-order valence-electron chi connectivity index (χ2n) is 12.6. The maximum Gasteiger partial charge on any atom is 0.227 e. The van der Waals surface area contributed by atoms with E-state index in [1.54, 1.807) is 0 Å². The number of aromatic nitrogens is 4. The topological polar surface area (TPSA) is 64.7 Å². The Morgan fingerprint density at radius 3 is 1.78 bits per heavy atom. The molecule has 0 saturated heterocycles. The van der Waals surface area contributed by atoms with Gasteiger partial charge in [-0.3, -0.25) is 0 Å². The highest BCUT2D eigenvalue weighted by molar-refractivity contribution is 6.18. The van der Waals surface area contributed by atoms with Gasteiger partial charge in [-0.1, -0.05) is 146 Å². The lowest BCUT2D eigenvalue weighted by Crippen LogP contribution is -2.01. The molecule has 0 atom stereocenters. The van der Waals surface area contributed by atoms with E-state index in [2.05, 4.69) is 97.1 Å². The molecule has 0 bridgehead atoms. The summed E-state index contributed by atoms with van der Waals surface area (Å²) in [6, 6.07) is 58.2. The molecule has 0 fully saturated rings. The Hall–Kier alpha value is -6.98. The van der Waals surface area contributed by atoms with Crippen LogP contribution in [0.1, 0.15) is 0 Å². The molecule has 0 aliphatic rings. The molecule has 0 unspecified atom stereocenters. The van der Waals surface area contributed by atoms with Crippen LogP contribution in [0.3, 0.4) is 0 Å². The van der Waals surface area contributed by atoms with Gasteiger partial charge in [-0.15, -0.1) is 0 Å². The van der Waals surface area contributed by atoms with Gasteiger partial charge in [-0.25, -0.2) is 19.9 Å². The van der Waals surface area contributed by atoms with E-state index in [0.717, 1.165) is 66.0 Å². The van der Waals surface area contributed by atoms with Gasteiger partial charge in [-0.05, 0) is 62.3 Å². The Bertz CT molecular complexity index is 2910. The number of oxazole rings is 1. The van der Waals surface area contributed by atoms with Gasteiger partial charge in [0.05, 0.1) is 0 Å². The average Bonchev–Trinajstić information content (AvgIpc) is 3.66. The average molecular weight is 653 g/mol. The Morgan fingerprint density at radius 1 is 0.353 bits per heavy atom. The molecule has 0 N–H and O–H groups in total.